The van der Waals surface area contributed by atoms with Crippen LogP contribution < -0.4 is 16.0 Å². The van der Waals surface area contributed by atoms with Crippen LogP contribution >= 0.6 is 12.4 Å². The summed E-state index contributed by atoms with van der Waals surface area (Å²) in [5.74, 6) is -0.0459. The first-order valence-corrected chi connectivity index (χ1v) is 5.69. The summed E-state index contributed by atoms with van der Waals surface area (Å²) in [5.41, 5.74) is 0. The number of hydrogen-bond donors (Lipinski definition) is 3. The Labute approximate surface area is 110 Å². The molecule has 0 aliphatic carbocycles. The van der Waals surface area contributed by atoms with Gasteiger partial charge in [0.2, 0.25) is 11.8 Å². The van der Waals surface area contributed by atoms with Crippen molar-refractivity contribution in [2.45, 2.75) is 20.8 Å². The van der Waals surface area contributed by atoms with Crippen LogP contribution in [0.15, 0.2) is 0 Å². The zero-order valence-corrected chi connectivity index (χ0v) is 11.8. The molecule has 0 aromatic carbocycles. The molecule has 3 N–H and O–H groups in total. The predicted octanol–water partition coefficient (Wildman–Crippen LogP) is 0.152. The first kappa shape index (κ1) is 18.6. The third-order valence-corrected chi connectivity index (χ3v) is 2.21. The third-order valence-electron chi connectivity index (χ3n) is 2.21. The quantitative estimate of drug-likeness (QED) is 0.574. The fourth-order valence-corrected chi connectivity index (χ4v) is 1.15. The van der Waals surface area contributed by atoms with E-state index in [-0.39, 0.29) is 36.1 Å². The highest BCUT2D eigenvalue weighted by atomic mass is 35.5. The molecule has 0 rings (SSSR count). The maximum absolute atomic E-state index is 11.4. The molecular weight excluding hydrogens is 242 g/mol. The smallest absolute Gasteiger partial charge is 0.224 e. The van der Waals surface area contributed by atoms with Crippen molar-refractivity contribution in [3.8, 4) is 0 Å². The van der Waals surface area contributed by atoms with Crippen molar-refractivity contribution in [3.05, 3.63) is 0 Å². The largest absolute Gasteiger partial charge is 0.354 e. The molecule has 2 amide bonds. The van der Waals surface area contributed by atoms with Gasteiger partial charge in [-0.3, -0.25) is 9.59 Å². The Hall–Kier alpha value is -0.810. The average Bonchev–Trinajstić information content (AvgIpc) is 2.23. The average molecular weight is 266 g/mol. The van der Waals surface area contributed by atoms with Crippen molar-refractivity contribution in [1.29, 1.82) is 0 Å². The van der Waals surface area contributed by atoms with Gasteiger partial charge in [0.05, 0.1) is 0 Å². The number of nitrogens with one attached hydrogen (secondary N) is 3. The standard InChI is InChI=1S/C11H23N3O2.ClH/c1-8(2)10(15)13-5-6-14-11(16)9(3)7-12-4;/h8-9,12H,5-7H2,1-4H3,(H,13,15)(H,14,16);1H. The fraction of sp³-hybridized carbons (Fsp3) is 0.818. The van der Waals surface area contributed by atoms with Gasteiger partial charge in [0.1, 0.15) is 0 Å². The molecule has 6 heteroatoms. The maximum atomic E-state index is 11.4. The van der Waals surface area contributed by atoms with Crippen molar-refractivity contribution in [3.63, 3.8) is 0 Å². The van der Waals surface area contributed by atoms with Crippen molar-refractivity contribution >= 4 is 24.2 Å². The van der Waals surface area contributed by atoms with Crippen LogP contribution in [0.5, 0.6) is 0 Å². The molecule has 0 heterocycles. The van der Waals surface area contributed by atoms with Crippen LogP contribution in [0.3, 0.4) is 0 Å². The van der Waals surface area contributed by atoms with E-state index in [0.29, 0.717) is 19.6 Å². The second-order valence-electron chi connectivity index (χ2n) is 4.20. The molecule has 5 nitrogen and oxygen atoms in total. The monoisotopic (exact) mass is 265 g/mol. The summed E-state index contributed by atoms with van der Waals surface area (Å²) in [4.78, 5) is 22.6. The van der Waals surface area contributed by atoms with Crippen LogP contribution in [0.25, 0.3) is 0 Å². The van der Waals surface area contributed by atoms with E-state index in [2.05, 4.69) is 16.0 Å². The van der Waals surface area contributed by atoms with Crippen LogP contribution in [-0.4, -0.2) is 38.5 Å². The van der Waals surface area contributed by atoms with E-state index in [4.69, 9.17) is 0 Å². The molecule has 17 heavy (non-hydrogen) atoms. The van der Waals surface area contributed by atoms with Crippen LogP contribution in [0.2, 0.25) is 0 Å². The lowest BCUT2D eigenvalue weighted by Gasteiger charge is -2.12. The zero-order valence-electron chi connectivity index (χ0n) is 11.0. The van der Waals surface area contributed by atoms with Crippen molar-refractivity contribution < 1.29 is 9.59 Å². The second-order valence-corrected chi connectivity index (χ2v) is 4.20. The van der Waals surface area contributed by atoms with Gasteiger partial charge in [0.25, 0.3) is 0 Å². The summed E-state index contributed by atoms with van der Waals surface area (Å²) >= 11 is 0. The maximum Gasteiger partial charge on any atom is 0.224 e. The number of carbonyl (C=O) groups excluding carboxylic acids is 2. The normalized spacial score (nSPS) is 11.6. The lowest BCUT2D eigenvalue weighted by Crippen LogP contribution is -2.40. The van der Waals surface area contributed by atoms with Crippen LogP contribution in [0, 0.1) is 11.8 Å². The highest BCUT2D eigenvalue weighted by Gasteiger charge is 2.11. The van der Waals surface area contributed by atoms with E-state index < -0.39 is 0 Å². The Morgan fingerprint density at radius 1 is 1.00 bits per heavy atom. The molecule has 1 unspecified atom stereocenters. The molecular formula is C11H24ClN3O2. The molecule has 0 saturated carbocycles. The minimum Gasteiger partial charge on any atom is -0.354 e. The van der Waals surface area contributed by atoms with E-state index in [1.54, 1.807) is 0 Å². The van der Waals surface area contributed by atoms with Gasteiger partial charge < -0.3 is 16.0 Å². The molecule has 0 bridgehead atoms. The fourth-order valence-electron chi connectivity index (χ4n) is 1.15. The first-order valence-electron chi connectivity index (χ1n) is 5.69. The molecule has 0 aromatic rings. The molecule has 0 fully saturated rings. The summed E-state index contributed by atoms with van der Waals surface area (Å²) in [6, 6.07) is 0. The lowest BCUT2D eigenvalue weighted by atomic mass is 10.1. The van der Waals surface area contributed by atoms with E-state index in [0.717, 1.165) is 0 Å². The molecule has 0 spiro atoms. The molecule has 0 aliphatic rings. The number of hydrogen-bond acceptors (Lipinski definition) is 3. The van der Waals surface area contributed by atoms with Gasteiger partial charge >= 0.3 is 0 Å². The topological polar surface area (TPSA) is 70.2 Å². The highest BCUT2D eigenvalue weighted by Crippen LogP contribution is 1.91. The summed E-state index contributed by atoms with van der Waals surface area (Å²) in [5, 5.41) is 8.45. The van der Waals surface area contributed by atoms with Gasteiger partial charge in [0, 0.05) is 31.5 Å². The second kappa shape index (κ2) is 10.4. The molecule has 0 radical (unpaired) electrons. The minimum atomic E-state index is -0.0502. The van der Waals surface area contributed by atoms with Crippen LogP contribution in [-0.2, 0) is 9.59 Å². The van der Waals surface area contributed by atoms with Crippen molar-refractivity contribution in [2.24, 2.45) is 11.8 Å². The van der Waals surface area contributed by atoms with E-state index in [1.807, 2.05) is 27.8 Å². The molecule has 0 aliphatic heterocycles. The third kappa shape index (κ3) is 8.94. The van der Waals surface area contributed by atoms with Crippen molar-refractivity contribution in [1.82, 2.24) is 16.0 Å². The predicted molar refractivity (Wildman–Crippen MR) is 71.2 cm³/mol. The lowest BCUT2D eigenvalue weighted by molar-refractivity contribution is -0.126. The number of amides is 2. The summed E-state index contributed by atoms with van der Waals surface area (Å²) in [7, 11) is 1.81. The highest BCUT2D eigenvalue weighted by molar-refractivity contribution is 5.85. The Kier molecular flexibility index (Phi) is 11.3. The zero-order chi connectivity index (χ0) is 12.6. The Balaban J connectivity index is 0. The minimum absolute atomic E-state index is 0. The van der Waals surface area contributed by atoms with E-state index in [9.17, 15) is 9.59 Å². The van der Waals surface area contributed by atoms with Crippen LogP contribution in [0.4, 0.5) is 0 Å². The molecule has 0 aromatic heterocycles. The first-order chi connectivity index (χ1) is 7.49. The molecule has 0 saturated heterocycles. The molecule has 102 valence electrons. The van der Waals surface area contributed by atoms with Gasteiger partial charge in [0.15, 0.2) is 0 Å². The number of halogens is 1. The molecule has 1 atom stereocenters. The van der Waals surface area contributed by atoms with Gasteiger partial charge in [-0.1, -0.05) is 20.8 Å². The summed E-state index contributed by atoms with van der Waals surface area (Å²) in [6.07, 6.45) is 0. The van der Waals surface area contributed by atoms with E-state index in [1.165, 1.54) is 0 Å². The number of rotatable bonds is 7. The van der Waals surface area contributed by atoms with Gasteiger partial charge in [-0.25, -0.2) is 0 Å². The van der Waals surface area contributed by atoms with Crippen molar-refractivity contribution in [2.75, 3.05) is 26.7 Å². The Morgan fingerprint density at radius 3 is 1.88 bits per heavy atom. The van der Waals surface area contributed by atoms with Gasteiger partial charge in [-0.15, -0.1) is 12.4 Å². The van der Waals surface area contributed by atoms with Gasteiger partial charge in [-0.2, -0.15) is 0 Å². The number of carbonyl (C=O) groups is 2. The van der Waals surface area contributed by atoms with Crippen LogP contribution in [0.1, 0.15) is 20.8 Å². The van der Waals surface area contributed by atoms with Gasteiger partial charge in [-0.05, 0) is 7.05 Å². The summed E-state index contributed by atoms with van der Waals surface area (Å²) in [6.45, 7) is 7.15. The Morgan fingerprint density at radius 2 is 1.47 bits per heavy atom. The van der Waals surface area contributed by atoms with E-state index >= 15 is 0 Å². The SMILES string of the molecule is CNCC(C)C(=O)NCCNC(=O)C(C)C.Cl. The Bertz CT molecular complexity index is 235. The summed E-state index contributed by atoms with van der Waals surface area (Å²) < 4.78 is 0.